The van der Waals surface area contributed by atoms with Gasteiger partial charge in [-0.05, 0) is 13.0 Å². The highest BCUT2D eigenvalue weighted by molar-refractivity contribution is 5.50. The average molecular weight is 203 g/mol. The molecular weight excluding hydrogens is 194 g/mol. The molecule has 0 aliphatic heterocycles. The maximum atomic E-state index is 5.06. The number of methoxy groups -OCH3 is 1. The lowest BCUT2D eigenvalue weighted by Gasteiger charge is -2.00. The molecule has 2 heterocycles. The van der Waals surface area contributed by atoms with Crippen LogP contribution in [-0.4, -0.2) is 32.5 Å². The van der Waals surface area contributed by atoms with E-state index in [0.29, 0.717) is 23.1 Å². The summed E-state index contributed by atoms with van der Waals surface area (Å²) in [5.41, 5.74) is 0.592. The molecule has 76 valence electrons. The van der Waals surface area contributed by atoms with Crippen LogP contribution >= 0.6 is 0 Å². The molecule has 0 saturated carbocycles. The Bertz CT molecular complexity index is 456. The highest BCUT2D eigenvalue weighted by Crippen LogP contribution is 2.16. The van der Waals surface area contributed by atoms with Crippen molar-refractivity contribution in [2.24, 2.45) is 0 Å². The van der Waals surface area contributed by atoms with Gasteiger partial charge >= 0.3 is 0 Å². The minimum Gasteiger partial charge on any atom is -0.497 e. The summed E-state index contributed by atoms with van der Waals surface area (Å²) >= 11 is 0. The van der Waals surface area contributed by atoms with Crippen molar-refractivity contribution in [2.75, 3.05) is 7.11 Å². The predicted octanol–water partition coefficient (Wildman–Crippen LogP) is 0.646. The van der Waals surface area contributed by atoms with Gasteiger partial charge in [-0.2, -0.15) is 0 Å². The smallest absolute Gasteiger partial charge is 0.222 e. The fourth-order valence-electron chi connectivity index (χ4n) is 1.04. The van der Waals surface area contributed by atoms with E-state index in [0.717, 1.165) is 0 Å². The molecule has 15 heavy (non-hydrogen) atoms. The Balaban J connectivity index is 2.40. The Kier molecular flexibility index (Phi) is 2.49. The molecule has 0 aliphatic carbocycles. The van der Waals surface area contributed by atoms with Gasteiger partial charge in [0.2, 0.25) is 5.82 Å². The van der Waals surface area contributed by atoms with E-state index in [-0.39, 0.29) is 0 Å². The third-order valence-corrected chi connectivity index (χ3v) is 1.78. The van der Waals surface area contributed by atoms with Gasteiger partial charge in [0, 0.05) is 12.3 Å². The molecule has 2 rings (SSSR count). The second-order valence-corrected chi connectivity index (χ2v) is 2.85. The van der Waals surface area contributed by atoms with E-state index in [1.807, 2.05) is 0 Å². The van der Waals surface area contributed by atoms with Crippen LogP contribution < -0.4 is 4.74 Å². The number of aryl methyl sites for hydroxylation is 1. The van der Waals surface area contributed by atoms with Gasteiger partial charge in [0.05, 0.1) is 7.11 Å². The number of aromatic nitrogens is 5. The Hall–Kier alpha value is -2.11. The van der Waals surface area contributed by atoms with Gasteiger partial charge < -0.3 is 4.74 Å². The molecule has 0 aromatic carbocycles. The molecule has 6 nitrogen and oxygen atoms in total. The van der Waals surface area contributed by atoms with E-state index in [2.05, 4.69) is 25.4 Å². The molecular formula is C9H9N5O. The Morgan fingerprint density at radius 2 is 1.87 bits per heavy atom. The maximum absolute atomic E-state index is 5.06. The lowest BCUT2D eigenvalue weighted by Crippen LogP contribution is -1.99. The van der Waals surface area contributed by atoms with Crippen LogP contribution in [0.3, 0.4) is 0 Å². The first-order valence-corrected chi connectivity index (χ1v) is 4.34. The zero-order valence-corrected chi connectivity index (χ0v) is 8.38. The molecule has 6 heteroatoms. The molecule has 0 saturated heterocycles. The van der Waals surface area contributed by atoms with Crippen LogP contribution in [0.5, 0.6) is 5.75 Å². The molecule has 0 bridgehead atoms. The van der Waals surface area contributed by atoms with Crippen molar-refractivity contribution in [1.29, 1.82) is 0 Å². The van der Waals surface area contributed by atoms with Gasteiger partial charge in [0.25, 0.3) is 0 Å². The van der Waals surface area contributed by atoms with E-state index >= 15 is 0 Å². The quantitative estimate of drug-likeness (QED) is 0.713. The molecule has 0 spiro atoms. The zero-order chi connectivity index (χ0) is 10.7. The Labute approximate surface area is 86.4 Å². The zero-order valence-electron chi connectivity index (χ0n) is 8.38. The number of ether oxygens (including phenoxy) is 1. The van der Waals surface area contributed by atoms with E-state index < -0.39 is 0 Å². The van der Waals surface area contributed by atoms with Crippen LogP contribution in [0.25, 0.3) is 11.5 Å². The summed E-state index contributed by atoms with van der Waals surface area (Å²) in [6.45, 7) is 1.72. The van der Waals surface area contributed by atoms with Crippen molar-refractivity contribution in [2.45, 2.75) is 6.92 Å². The van der Waals surface area contributed by atoms with E-state index in [1.54, 1.807) is 32.4 Å². The molecule has 0 aliphatic rings. The van der Waals surface area contributed by atoms with Gasteiger partial charge in [-0.25, -0.2) is 0 Å². The van der Waals surface area contributed by atoms with E-state index in [9.17, 15) is 0 Å². The van der Waals surface area contributed by atoms with Gasteiger partial charge in [-0.15, -0.1) is 20.4 Å². The number of rotatable bonds is 2. The second kappa shape index (κ2) is 3.95. The molecule has 2 aromatic rings. The van der Waals surface area contributed by atoms with Crippen molar-refractivity contribution in [3.05, 3.63) is 24.2 Å². The molecule has 0 fully saturated rings. The summed E-state index contributed by atoms with van der Waals surface area (Å²) in [6.07, 6.45) is 1.62. The lowest BCUT2D eigenvalue weighted by atomic mass is 10.3. The highest BCUT2D eigenvalue weighted by atomic mass is 16.5. The fourth-order valence-corrected chi connectivity index (χ4v) is 1.04. The monoisotopic (exact) mass is 203 g/mol. The number of hydrogen-bond acceptors (Lipinski definition) is 6. The summed E-state index contributed by atoms with van der Waals surface area (Å²) in [4.78, 5) is 4.10. The van der Waals surface area contributed by atoms with Gasteiger partial charge in [0.1, 0.15) is 11.4 Å². The largest absolute Gasteiger partial charge is 0.497 e. The van der Waals surface area contributed by atoms with Crippen molar-refractivity contribution < 1.29 is 4.74 Å². The molecule has 2 aromatic heterocycles. The number of nitrogens with zero attached hydrogens (tertiary/aromatic N) is 5. The lowest BCUT2D eigenvalue weighted by molar-refractivity contribution is 0.414. The van der Waals surface area contributed by atoms with Crippen LogP contribution in [0.2, 0.25) is 0 Å². The summed E-state index contributed by atoms with van der Waals surface area (Å²) < 4.78 is 5.06. The molecule has 0 atom stereocenters. The summed E-state index contributed by atoms with van der Waals surface area (Å²) in [5.74, 6) is 1.62. The molecule has 0 unspecified atom stereocenters. The van der Waals surface area contributed by atoms with Gasteiger partial charge in [-0.3, -0.25) is 4.98 Å². The third kappa shape index (κ3) is 2.04. The maximum Gasteiger partial charge on any atom is 0.222 e. The van der Waals surface area contributed by atoms with Crippen LogP contribution in [0.1, 0.15) is 5.82 Å². The number of hydrogen-bond donors (Lipinski definition) is 0. The Morgan fingerprint density at radius 3 is 2.53 bits per heavy atom. The van der Waals surface area contributed by atoms with Crippen molar-refractivity contribution in [1.82, 2.24) is 25.4 Å². The summed E-state index contributed by atoms with van der Waals surface area (Å²) in [7, 11) is 1.59. The average Bonchev–Trinajstić information content (AvgIpc) is 2.30. The van der Waals surface area contributed by atoms with Crippen molar-refractivity contribution in [3.63, 3.8) is 0 Å². The molecule has 0 amide bonds. The predicted molar refractivity (Wildman–Crippen MR) is 52.1 cm³/mol. The number of pyridine rings is 1. The first-order chi connectivity index (χ1) is 7.29. The van der Waals surface area contributed by atoms with Gasteiger partial charge in [0.15, 0.2) is 5.82 Å². The van der Waals surface area contributed by atoms with Crippen LogP contribution in [0, 0.1) is 6.92 Å². The fraction of sp³-hybridized carbons (Fsp3) is 0.222. The van der Waals surface area contributed by atoms with E-state index in [1.165, 1.54) is 0 Å². The Morgan fingerprint density at radius 1 is 1.13 bits per heavy atom. The summed E-state index contributed by atoms with van der Waals surface area (Å²) in [6, 6.07) is 3.48. The van der Waals surface area contributed by atoms with Crippen molar-refractivity contribution in [3.8, 4) is 17.3 Å². The highest BCUT2D eigenvalue weighted by Gasteiger charge is 2.05. The van der Waals surface area contributed by atoms with Crippen LogP contribution in [0.15, 0.2) is 18.3 Å². The normalized spacial score (nSPS) is 10.0. The van der Waals surface area contributed by atoms with Crippen LogP contribution in [0.4, 0.5) is 0 Å². The topological polar surface area (TPSA) is 73.7 Å². The van der Waals surface area contributed by atoms with Gasteiger partial charge in [-0.1, -0.05) is 0 Å². The van der Waals surface area contributed by atoms with E-state index in [4.69, 9.17) is 4.74 Å². The van der Waals surface area contributed by atoms with Crippen LogP contribution in [-0.2, 0) is 0 Å². The van der Waals surface area contributed by atoms with Crippen molar-refractivity contribution >= 4 is 0 Å². The molecule has 0 N–H and O–H groups in total. The molecule has 0 radical (unpaired) electrons. The minimum atomic E-state index is 0.388. The second-order valence-electron chi connectivity index (χ2n) is 2.85. The SMILES string of the molecule is COc1ccnc(-c2nnc(C)nn2)c1. The first kappa shape index (κ1) is 9.45. The minimum absolute atomic E-state index is 0.388. The first-order valence-electron chi connectivity index (χ1n) is 4.34. The summed E-state index contributed by atoms with van der Waals surface area (Å²) in [5, 5.41) is 15.4. The third-order valence-electron chi connectivity index (χ3n) is 1.78. The standard InChI is InChI=1S/C9H9N5O/c1-6-11-13-9(14-12-6)8-5-7(15-2)3-4-10-8/h3-5H,1-2H3.